The van der Waals surface area contributed by atoms with Crippen molar-refractivity contribution in [3.05, 3.63) is 12.2 Å². The van der Waals surface area contributed by atoms with E-state index in [2.05, 4.69) is 9.90 Å². The van der Waals surface area contributed by atoms with E-state index in [9.17, 15) is 4.79 Å². The van der Waals surface area contributed by atoms with Gasteiger partial charge in [0.2, 0.25) is 0 Å². The molecule has 1 rings (SSSR count). The first kappa shape index (κ1) is 7.19. The summed E-state index contributed by atoms with van der Waals surface area (Å²) < 4.78 is 0. The molecule has 1 atom stereocenters. The standard InChI is InChI=1S/C6H7BNO2/c7-8-10-6-3-1-2-5(9)4-6/h1-2,6H,3-4H2/t6-/m0/s1. The zero-order valence-electron chi connectivity index (χ0n) is 5.49. The molecule has 0 heterocycles. The van der Waals surface area contributed by atoms with Gasteiger partial charge in [-0.3, -0.25) is 0 Å². The maximum absolute atomic E-state index is 10.7. The van der Waals surface area contributed by atoms with Crippen LogP contribution in [0.25, 0.3) is 0 Å². The van der Waals surface area contributed by atoms with E-state index in [-0.39, 0.29) is 11.9 Å². The number of carbonyl (C=O) groups excluding carboxylic acids is 1. The molecule has 4 heteroatoms. The predicted octanol–water partition coefficient (Wildman–Crippen LogP) is 0.558. The Morgan fingerprint density at radius 2 is 2.60 bits per heavy atom. The third-order valence-electron chi connectivity index (χ3n) is 1.34. The van der Waals surface area contributed by atoms with Crippen LogP contribution in [0, 0.1) is 0 Å². The predicted molar refractivity (Wildman–Crippen MR) is 36.4 cm³/mol. The minimum absolute atomic E-state index is 0.0694. The summed E-state index contributed by atoms with van der Waals surface area (Å²) in [4.78, 5) is 15.4. The summed E-state index contributed by atoms with van der Waals surface area (Å²) >= 11 is 0. The number of rotatable bonds is 2. The summed E-state index contributed by atoms with van der Waals surface area (Å²) in [5.41, 5.74) is 0. The molecule has 0 unspecified atom stereocenters. The molecule has 0 spiro atoms. The first-order chi connectivity index (χ1) is 4.83. The SMILES string of the molecule is [B]=NO[C@H]1CC=CC(=O)C1. The average molecular weight is 136 g/mol. The fraction of sp³-hybridized carbons (Fsp3) is 0.500. The van der Waals surface area contributed by atoms with Gasteiger partial charge in [-0.2, -0.15) is 0 Å². The molecule has 0 aliphatic heterocycles. The summed E-state index contributed by atoms with van der Waals surface area (Å²) in [6.45, 7) is 0. The minimum atomic E-state index is -0.150. The van der Waals surface area contributed by atoms with Gasteiger partial charge in [0, 0.05) is 0 Å². The van der Waals surface area contributed by atoms with Crippen LogP contribution in [0.1, 0.15) is 12.8 Å². The van der Waals surface area contributed by atoms with Crippen molar-refractivity contribution in [2.45, 2.75) is 18.9 Å². The number of hydrogen-bond acceptors (Lipinski definition) is 3. The van der Waals surface area contributed by atoms with Gasteiger partial charge in [0.25, 0.3) is 0 Å². The van der Waals surface area contributed by atoms with E-state index in [1.54, 1.807) is 12.2 Å². The fourth-order valence-electron chi connectivity index (χ4n) is 0.893. The van der Waals surface area contributed by atoms with Crippen LogP contribution in [0.3, 0.4) is 0 Å². The summed E-state index contributed by atoms with van der Waals surface area (Å²) in [5.74, 6) is 0.0694. The Hall–Kier alpha value is -0.925. The first-order valence-electron chi connectivity index (χ1n) is 3.08. The number of allylic oxidation sites excluding steroid dienone is 1. The molecule has 0 saturated carbocycles. The molecule has 1 radical (unpaired) electrons. The van der Waals surface area contributed by atoms with Gasteiger partial charge < -0.3 is 0 Å². The second kappa shape index (κ2) is 3.30. The van der Waals surface area contributed by atoms with Crippen molar-refractivity contribution in [1.29, 1.82) is 0 Å². The third-order valence-corrected chi connectivity index (χ3v) is 1.34. The molecule has 3 nitrogen and oxygen atoms in total. The van der Waals surface area contributed by atoms with E-state index in [0.717, 1.165) is 0 Å². The zero-order chi connectivity index (χ0) is 7.40. The van der Waals surface area contributed by atoms with E-state index in [1.807, 2.05) is 0 Å². The molecular weight excluding hydrogens is 129 g/mol. The van der Waals surface area contributed by atoms with Gasteiger partial charge in [-0.05, 0) is 0 Å². The molecule has 0 saturated heterocycles. The van der Waals surface area contributed by atoms with Crippen LogP contribution in [0.4, 0.5) is 0 Å². The van der Waals surface area contributed by atoms with Gasteiger partial charge in [0.05, 0.1) is 0 Å². The van der Waals surface area contributed by atoms with E-state index in [0.29, 0.717) is 12.8 Å². The quantitative estimate of drug-likeness (QED) is 0.410. The Balaban J connectivity index is 2.43. The summed E-state index contributed by atoms with van der Waals surface area (Å²) in [6, 6.07) is 0. The van der Waals surface area contributed by atoms with Gasteiger partial charge in [-0.25, -0.2) is 0 Å². The molecule has 0 aromatic rings. The number of ketones is 1. The Morgan fingerprint density at radius 3 is 3.20 bits per heavy atom. The molecule has 0 aromatic heterocycles. The van der Waals surface area contributed by atoms with Crippen LogP contribution < -0.4 is 0 Å². The Labute approximate surface area is 60.1 Å². The third kappa shape index (κ3) is 1.79. The number of hydrogen-bond donors (Lipinski definition) is 0. The molecule has 1 aliphatic rings. The summed E-state index contributed by atoms with van der Waals surface area (Å²) in [5, 5.41) is 3.01. The van der Waals surface area contributed by atoms with Crippen molar-refractivity contribution in [2.75, 3.05) is 0 Å². The second-order valence-corrected chi connectivity index (χ2v) is 2.14. The molecule has 10 heavy (non-hydrogen) atoms. The van der Waals surface area contributed by atoms with Crippen LogP contribution in [-0.2, 0) is 9.63 Å². The fourth-order valence-corrected chi connectivity index (χ4v) is 0.893. The van der Waals surface area contributed by atoms with E-state index < -0.39 is 0 Å². The van der Waals surface area contributed by atoms with Crippen molar-refractivity contribution < 1.29 is 9.63 Å². The number of nitrogens with zero attached hydrogens (tertiary/aromatic N) is 1. The molecule has 1 aliphatic carbocycles. The van der Waals surface area contributed by atoms with Crippen molar-refractivity contribution in [2.24, 2.45) is 5.06 Å². The molecule has 0 aromatic carbocycles. The van der Waals surface area contributed by atoms with Crippen LogP contribution in [0.2, 0.25) is 0 Å². The molecule has 0 fully saturated rings. The van der Waals surface area contributed by atoms with Gasteiger partial charge >= 0.3 is 59.2 Å². The maximum atomic E-state index is 10.7. The average Bonchev–Trinajstić information content (AvgIpc) is 1.88. The summed E-state index contributed by atoms with van der Waals surface area (Å²) in [6.07, 6.45) is 4.27. The van der Waals surface area contributed by atoms with Gasteiger partial charge in [0.1, 0.15) is 0 Å². The zero-order valence-corrected chi connectivity index (χ0v) is 5.49. The van der Waals surface area contributed by atoms with Crippen molar-refractivity contribution in [3.8, 4) is 0 Å². The topological polar surface area (TPSA) is 38.7 Å². The first-order valence-corrected chi connectivity index (χ1v) is 3.08. The van der Waals surface area contributed by atoms with Crippen molar-refractivity contribution in [3.63, 3.8) is 0 Å². The monoisotopic (exact) mass is 136 g/mol. The molecule has 0 bridgehead atoms. The van der Waals surface area contributed by atoms with E-state index >= 15 is 0 Å². The molecule has 0 amide bonds. The second-order valence-electron chi connectivity index (χ2n) is 2.14. The Morgan fingerprint density at radius 1 is 1.80 bits per heavy atom. The van der Waals surface area contributed by atoms with Crippen LogP contribution in [0.15, 0.2) is 17.2 Å². The number of carbonyl (C=O) groups is 1. The van der Waals surface area contributed by atoms with Crippen LogP contribution in [0.5, 0.6) is 0 Å². The molecule has 51 valence electrons. The normalized spacial score (nSPS) is 24.3. The van der Waals surface area contributed by atoms with Crippen LogP contribution >= 0.6 is 0 Å². The van der Waals surface area contributed by atoms with E-state index in [4.69, 9.17) is 7.64 Å². The van der Waals surface area contributed by atoms with Gasteiger partial charge in [-0.15, -0.1) is 0 Å². The van der Waals surface area contributed by atoms with Gasteiger partial charge in [-0.1, -0.05) is 0 Å². The van der Waals surface area contributed by atoms with Crippen molar-refractivity contribution >= 4 is 13.4 Å². The molecule has 0 N–H and O–H groups in total. The van der Waals surface area contributed by atoms with Gasteiger partial charge in [0.15, 0.2) is 0 Å². The molecular formula is C6H7BNO2. The van der Waals surface area contributed by atoms with Crippen molar-refractivity contribution in [1.82, 2.24) is 0 Å². The van der Waals surface area contributed by atoms with Crippen LogP contribution in [-0.4, -0.2) is 19.5 Å². The Bertz CT molecular complexity index is 179. The van der Waals surface area contributed by atoms with E-state index in [1.165, 1.54) is 0 Å². The Kier molecular flexibility index (Phi) is 2.37. The summed E-state index contributed by atoms with van der Waals surface area (Å²) in [7, 11) is 4.77.